The maximum atomic E-state index is 12.2. The Balaban J connectivity index is 2.51. The summed E-state index contributed by atoms with van der Waals surface area (Å²) >= 11 is -0.666. The van der Waals surface area contributed by atoms with Crippen LogP contribution in [0.3, 0.4) is 0 Å². The third-order valence-corrected chi connectivity index (χ3v) is 8.67. The van der Waals surface area contributed by atoms with Crippen LogP contribution in [0.25, 0.3) is 0 Å². The summed E-state index contributed by atoms with van der Waals surface area (Å²) in [5.41, 5.74) is -0.469. The molecule has 4 nitrogen and oxygen atoms in total. The van der Waals surface area contributed by atoms with Gasteiger partial charge in [0, 0.05) is 0 Å². The number of ether oxygens (including phenoxy) is 1. The van der Waals surface area contributed by atoms with Crippen molar-refractivity contribution in [2.45, 2.75) is 75.1 Å². The summed E-state index contributed by atoms with van der Waals surface area (Å²) in [5, 5.41) is 4.41. The monoisotopic (exact) mass is 333 g/mol. The second-order valence-corrected chi connectivity index (χ2v) is 11.9. The average molecular weight is 335 g/mol. The normalized spacial score (nSPS) is 20.0. The molecule has 112 valence electrons. The second-order valence-electron chi connectivity index (χ2n) is 7.13. The molecule has 2 atom stereocenters. The van der Waals surface area contributed by atoms with Gasteiger partial charge in [0.05, 0.1) is 0 Å². The van der Waals surface area contributed by atoms with Gasteiger partial charge in [0.25, 0.3) is 0 Å². The molecule has 1 rings (SSSR count). The zero-order chi connectivity index (χ0) is 15.3. The number of carbonyl (C=O) groups excluding carboxylic acids is 2. The first-order valence-electron chi connectivity index (χ1n) is 7.71. The summed E-state index contributed by atoms with van der Waals surface area (Å²) in [7, 11) is 0. The van der Waals surface area contributed by atoms with E-state index in [2.05, 4.69) is 5.32 Å². The molecule has 1 heterocycles. The van der Waals surface area contributed by atoms with Crippen LogP contribution in [-0.4, -0.2) is 23.5 Å². The molecule has 1 saturated heterocycles. The fourth-order valence-electron chi connectivity index (χ4n) is 2.50. The first kappa shape index (κ1) is 17.6. The number of rotatable bonds is 5. The van der Waals surface area contributed by atoms with E-state index >= 15 is 0 Å². The van der Waals surface area contributed by atoms with E-state index in [9.17, 15) is 9.59 Å². The number of hydrogen-bond acceptors (Lipinski definition) is 3. The van der Waals surface area contributed by atoms with Gasteiger partial charge in [-0.05, 0) is 0 Å². The summed E-state index contributed by atoms with van der Waals surface area (Å²) in [5.74, 6) is 0.189. The Bertz CT molecular complexity index is 344. The molecule has 0 aromatic carbocycles. The van der Waals surface area contributed by atoms with E-state index in [1.165, 1.54) is 11.4 Å². The van der Waals surface area contributed by atoms with Crippen molar-refractivity contribution in [1.29, 1.82) is 0 Å². The third-order valence-electron chi connectivity index (χ3n) is 3.66. The summed E-state index contributed by atoms with van der Waals surface area (Å²) in [6.45, 7) is 9.65. The molecule has 0 aliphatic carbocycles. The first-order valence-corrected chi connectivity index (χ1v) is 11.5. The molecule has 5 heteroatoms. The van der Waals surface area contributed by atoms with E-state index < -0.39 is 22.7 Å². The SMILES string of the molecule is CC(C)[C@H](CC(=O)OC(C)(C)C)NC(=O)[CH]1CC[CH2][Zn]1. The standard InChI is InChI=1S/C15H27NO3.Zn/c1-7-8-9-13(17)16-12(11(2)3)10-14(18)19-15(4,5)6;/h9,11-12H,1,7-8,10H2,2-6H3,(H,16,17);/t12-;/m0./s1. The van der Waals surface area contributed by atoms with Crippen LogP contribution in [0.15, 0.2) is 0 Å². The predicted octanol–water partition coefficient (Wildman–Crippen LogP) is 2.94. The molecule has 0 radical (unpaired) electrons. The molecule has 1 aliphatic heterocycles. The minimum atomic E-state index is -0.666. The zero-order valence-electron chi connectivity index (χ0n) is 13.5. The fraction of sp³-hybridized carbons (Fsp3) is 0.867. The summed E-state index contributed by atoms with van der Waals surface area (Å²) in [4.78, 5) is 24.1. The Morgan fingerprint density at radius 1 is 1.35 bits per heavy atom. The van der Waals surface area contributed by atoms with Crippen LogP contribution in [0.1, 0.15) is 53.9 Å². The van der Waals surface area contributed by atoms with Gasteiger partial charge >= 0.3 is 130 Å². The molecule has 0 saturated carbocycles. The van der Waals surface area contributed by atoms with Crippen molar-refractivity contribution < 1.29 is 31.5 Å². The predicted molar refractivity (Wildman–Crippen MR) is 75.0 cm³/mol. The molecule has 1 amide bonds. The first-order chi connectivity index (χ1) is 9.19. The minimum absolute atomic E-state index is 0.111. The van der Waals surface area contributed by atoms with Gasteiger partial charge in [-0.1, -0.05) is 0 Å². The summed E-state index contributed by atoms with van der Waals surface area (Å²) < 4.78 is 5.67. The van der Waals surface area contributed by atoms with Crippen molar-refractivity contribution in [1.82, 2.24) is 5.32 Å². The van der Waals surface area contributed by atoms with Crippen molar-refractivity contribution in [3.63, 3.8) is 0 Å². The molecular formula is C15H27NO3Zn. The maximum absolute atomic E-state index is 12.2. The van der Waals surface area contributed by atoms with E-state index in [1.807, 2.05) is 34.6 Å². The Labute approximate surface area is 130 Å². The molecular weight excluding hydrogens is 308 g/mol. The van der Waals surface area contributed by atoms with Gasteiger partial charge < -0.3 is 0 Å². The number of carbonyl (C=O) groups is 2. The molecule has 0 bridgehead atoms. The van der Waals surface area contributed by atoms with Crippen molar-refractivity contribution in [2.24, 2.45) is 5.92 Å². The zero-order valence-corrected chi connectivity index (χ0v) is 16.5. The Hall–Kier alpha value is -0.437. The molecule has 1 unspecified atom stereocenters. The van der Waals surface area contributed by atoms with Gasteiger partial charge in [-0.15, -0.1) is 0 Å². The van der Waals surface area contributed by atoms with E-state index in [4.69, 9.17) is 4.74 Å². The average Bonchev–Trinajstić information content (AvgIpc) is 2.78. The summed E-state index contributed by atoms with van der Waals surface area (Å²) in [6.07, 6.45) is 2.54. The van der Waals surface area contributed by atoms with E-state index in [1.54, 1.807) is 0 Å². The second kappa shape index (κ2) is 7.54. The van der Waals surface area contributed by atoms with Crippen LogP contribution in [0.5, 0.6) is 0 Å². The van der Waals surface area contributed by atoms with Crippen LogP contribution in [0.4, 0.5) is 0 Å². The van der Waals surface area contributed by atoms with E-state index in [0.29, 0.717) is 4.51 Å². The summed E-state index contributed by atoms with van der Waals surface area (Å²) in [6, 6.07) is -0.111. The molecule has 1 aliphatic rings. The molecule has 0 aromatic rings. The van der Waals surface area contributed by atoms with Gasteiger partial charge in [0.1, 0.15) is 0 Å². The molecule has 1 N–H and O–H groups in total. The van der Waals surface area contributed by atoms with Gasteiger partial charge in [-0.2, -0.15) is 0 Å². The molecule has 20 heavy (non-hydrogen) atoms. The molecule has 0 aromatic heterocycles. The topological polar surface area (TPSA) is 55.4 Å². The van der Waals surface area contributed by atoms with Crippen molar-refractivity contribution >= 4 is 11.9 Å². The quantitative estimate of drug-likeness (QED) is 0.621. The Morgan fingerprint density at radius 3 is 2.45 bits per heavy atom. The Kier molecular flexibility index (Phi) is 6.64. The number of esters is 1. The molecule has 1 fully saturated rings. The van der Waals surface area contributed by atoms with Crippen LogP contribution in [-0.2, 0) is 31.5 Å². The van der Waals surface area contributed by atoms with Crippen molar-refractivity contribution in [3.8, 4) is 0 Å². The van der Waals surface area contributed by atoms with Crippen LogP contribution in [0.2, 0.25) is 9.53 Å². The Morgan fingerprint density at radius 2 is 2.00 bits per heavy atom. The van der Waals surface area contributed by atoms with Crippen LogP contribution < -0.4 is 5.32 Å². The molecule has 0 spiro atoms. The van der Waals surface area contributed by atoms with Crippen LogP contribution in [0, 0.1) is 5.92 Å². The van der Waals surface area contributed by atoms with Gasteiger partial charge in [-0.3, -0.25) is 0 Å². The van der Waals surface area contributed by atoms with E-state index in [0.717, 1.165) is 6.42 Å². The van der Waals surface area contributed by atoms with Gasteiger partial charge in [0.15, 0.2) is 0 Å². The van der Waals surface area contributed by atoms with Crippen LogP contribution >= 0.6 is 0 Å². The van der Waals surface area contributed by atoms with Gasteiger partial charge in [-0.25, -0.2) is 0 Å². The number of hydrogen-bond donors (Lipinski definition) is 1. The number of amides is 1. The van der Waals surface area contributed by atoms with Gasteiger partial charge in [0.2, 0.25) is 0 Å². The fourth-order valence-corrected chi connectivity index (χ4v) is 6.76. The third kappa shape index (κ3) is 6.34. The van der Waals surface area contributed by atoms with Crippen molar-refractivity contribution in [3.05, 3.63) is 0 Å². The number of nitrogens with one attached hydrogen (secondary N) is 1. The van der Waals surface area contributed by atoms with E-state index in [-0.39, 0.29) is 30.3 Å². The van der Waals surface area contributed by atoms with Crippen molar-refractivity contribution in [2.75, 3.05) is 0 Å².